The van der Waals surface area contributed by atoms with E-state index in [4.69, 9.17) is 4.74 Å². The van der Waals surface area contributed by atoms with Crippen LogP contribution in [0.3, 0.4) is 0 Å². The van der Waals surface area contributed by atoms with Gasteiger partial charge in [0.25, 0.3) is 0 Å². The van der Waals surface area contributed by atoms with Crippen LogP contribution in [0.25, 0.3) is 11.1 Å². The molecule has 3 rings (SSSR count). The zero-order valence-electron chi connectivity index (χ0n) is 12.8. The van der Waals surface area contributed by atoms with Gasteiger partial charge in [0.05, 0.1) is 0 Å². The second-order valence-corrected chi connectivity index (χ2v) is 5.19. The molecule has 0 bridgehead atoms. The van der Waals surface area contributed by atoms with Gasteiger partial charge in [-0.15, -0.1) is 0 Å². The Morgan fingerprint density at radius 3 is 2.26 bits per heavy atom. The first-order valence-electron chi connectivity index (χ1n) is 7.43. The lowest BCUT2D eigenvalue weighted by Crippen LogP contribution is -2.17. The zero-order chi connectivity index (χ0) is 16.1. The minimum absolute atomic E-state index is 0.498. The van der Waals surface area contributed by atoms with Crippen molar-refractivity contribution in [3.8, 4) is 16.9 Å². The Labute approximate surface area is 135 Å². The van der Waals surface area contributed by atoms with Crippen LogP contribution in [0.2, 0.25) is 0 Å². The highest BCUT2D eigenvalue weighted by atomic mass is 16.6. The van der Waals surface area contributed by atoms with Gasteiger partial charge in [0.15, 0.2) is 0 Å². The van der Waals surface area contributed by atoms with Gasteiger partial charge in [-0.2, -0.15) is 0 Å². The van der Waals surface area contributed by atoms with Crippen molar-refractivity contribution in [3.63, 3.8) is 0 Å². The smallest absolute Gasteiger partial charge is 0.409 e. The molecular weight excluding hydrogens is 286 g/mol. The summed E-state index contributed by atoms with van der Waals surface area (Å²) in [6.45, 7) is 1.94. The maximum atomic E-state index is 12.2. The molecule has 0 fully saturated rings. The van der Waals surface area contributed by atoms with Gasteiger partial charge in [-0.3, -0.25) is 5.32 Å². The molecule has 0 saturated heterocycles. The van der Waals surface area contributed by atoms with Crippen LogP contribution in [0, 0.1) is 6.92 Å². The molecule has 0 unspecified atom stereocenters. The van der Waals surface area contributed by atoms with Gasteiger partial charge < -0.3 is 4.74 Å². The lowest BCUT2D eigenvalue weighted by Gasteiger charge is -2.12. The van der Waals surface area contributed by atoms with Crippen molar-refractivity contribution >= 4 is 11.8 Å². The Hall–Kier alpha value is -3.07. The van der Waals surface area contributed by atoms with Crippen molar-refractivity contribution < 1.29 is 9.53 Å². The predicted octanol–water partition coefficient (Wildman–Crippen LogP) is 5.27. The number of nitrogens with one attached hydrogen (secondary N) is 1. The van der Waals surface area contributed by atoms with Gasteiger partial charge in [-0.05, 0) is 30.2 Å². The number of amides is 1. The molecule has 0 aromatic heterocycles. The van der Waals surface area contributed by atoms with E-state index < -0.39 is 6.09 Å². The van der Waals surface area contributed by atoms with Crippen LogP contribution in [-0.2, 0) is 0 Å². The summed E-state index contributed by atoms with van der Waals surface area (Å²) in [6.07, 6.45) is -0.498. The molecule has 0 radical (unpaired) electrons. The Morgan fingerprint density at radius 1 is 0.826 bits per heavy atom. The van der Waals surface area contributed by atoms with Gasteiger partial charge >= 0.3 is 6.09 Å². The lowest BCUT2D eigenvalue weighted by molar-refractivity contribution is 0.215. The quantitative estimate of drug-likeness (QED) is 0.715. The van der Waals surface area contributed by atoms with Crippen LogP contribution in [0.5, 0.6) is 5.75 Å². The third-order valence-corrected chi connectivity index (χ3v) is 3.56. The van der Waals surface area contributed by atoms with Crippen molar-refractivity contribution in [2.45, 2.75) is 6.92 Å². The summed E-state index contributed by atoms with van der Waals surface area (Å²) in [4.78, 5) is 12.2. The number of para-hydroxylation sites is 2. The molecule has 3 aromatic rings. The van der Waals surface area contributed by atoms with E-state index in [1.807, 2.05) is 79.7 Å². The first-order chi connectivity index (χ1) is 11.2. The van der Waals surface area contributed by atoms with Gasteiger partial charge in [-0.1, -0.05) is 66.7 Å². The maximum absolute atomic E-state index is 12.2. The highest BCUT2D eigenvalue weighted by molar-refractivity contribution is 5.88. The molecule has 0 heterocycles. The molecular formula is C20H17NO2. The van der Waals surface area contributed by atoms with Crippen molar-refractivity contribution in [2.75, 3.05) is 5.32 Å². The third kappa shape index (κ3) is 3.58. The molecule has 23 heavy (non-hydrogen) atoms. The van der Waals surface area contributed by atoms with E-state index in [9.17, 15) is 4.79 Å². The topological polar surface area (TPSA) is 38.3 Å². The lowest BCUT2D eigenvalue weighted by atomic mass is 10.1. The molecule has 0 saturated carbocycles. The van der Waals surface area contributed by atoms with Crippen molar-refractivity contribution in [1.29, 1.82) is 0 Å². The number of hydrogen-bond donors (Lipinski definition) is 1. The number of benzene rings is 3. The Balaban J connectivity index is 1.81. The number of carbonyl (C=O) groups is 1. The fourth-order valence-electron chi connectivity index (χ4n) is 2.36. The Bertz CT molecular complexity index is 813. The second kappa shape index (κ2) is 6.79. The molecule has 0 spiro atoms. The monoisotopic (exact) mass is 303 g/mol. The molecule has 0 aliphatic rings. The maximum Gasteiger partial charge on any atom is 0.417 e. The normalized spacial score (nSPS) is 10.1. The van der Waals surface area contributed by atoms with E-state index in [2.05, 4.69) is 5.32 Å². The summed E-state index contributed by atoms with van der Waals surface area (Å²) in [5.41, 5.74) is 3.62. The number of anilines is 1. The third-order valence-electron chi connectivity index (χ3n) is 3.56. The fraction of sp³-hybridized carbons (Fsp3) is 0.0500. The summed E-state index contributed by atoms with van der Waals surface area (Å²) in [6, 6.07) is 24.9. The minimum atomic E-state index is -0.498. The molecule has 3 aromatic carbocycles. The van der Waals surface area contributed by atoms with Crippen molar-refractivity contribution in [1.82, 2.24) is 0 Å². The fourth-order valence-corrected chi connectivity index (χ4v) is 2.36. The van der Waals surface area contributed by atoms with E-state index in [1.54, 1.807) is 6.07 Å². The largest absolute Gasteiger partial charge is 0.417 e. The summed E-state index contributed by atoms with van der Waals surface area (Å²) >= 11 is 0. The molecule has 0 aliphatic heterocycles. The molecule has 0 aliphatic carbocycles. The van der Waals surface area contributed by atoms with Gasteiger partial charge in [-0.25, -0.2) is 4.79 Å². The van der Waals surface area contributed by atoms with E-state index in [0.717, 1.165) is 22.4 Å². The summed E-state index contributed by atoms with van der Waals surface area (Å²) in [5, 5.41) is 2.78. The standard InChI is InChI=1S/C20H17NO2/c1-15-9-5-7-13-18(15)21-20(22)23-19-14-8-6-12-17(19)16-10-3-2-4-11-16/h2-14H,1H3,(H,21,22). The zero-order valence-corrected chi connectivity index (χ0v) is 12.8. The molecule has 3 nitrogen and oxygen atoms in total. The summed E-state index contributed by atoms with van der Waals surface area (Å²) in [7, 11) is 0. The van der Waals surface area contributed by atoms with Gasteiger partial charge in [0, 0.05) is 11.3 Å². The second-order valence-electron chi connectivity index (χ2n) is 5.19. The average molecular weight is 303 g/mol. The average Bonchev–Trinajstić information content (AvgIpc) is 2.58. The van der Waals surface area contributed by atoms with Gasteiger partial charge in [0.1, 0.15) is 5.75 Å². The van der Waals surface area contributed by atoms with E-state index in [1.165, 1.54) is 0 Å². The van der Waals surface area contributed by atoms with Crippen molar-refractivity contribution in [2.24, 2.45) is 0 Å². The Kier molecular flexibility index (Phi) is 4.39. The van der Waals surface area contributed by atoms with Crippen molar-refractivity contribution in [3.05, 3.63) is 84.4 Å². The van der Waals surface area contributed by atoms with E-state index in [0.29, 0.717) is 5.75 Å². The highest BCUT2D eigenvalue weighted by Crippen LogP contribution is 2.29. The first kappa shape index (κ1) is 14.9. The SMILES string of the molecule is Cc1ccccc1NC(=O)Oc1ccccc1-c1ccccc1. The first-order valence-corrected chi connectivity index (χ1v) is 7.43. The molecule has 0 atom stereocenters. The van der Waals surface area contributed by atoms with E-state index >= 15 is 0 Å². The highest BCUT2D eigenvalue weighted by Gasteiger charge is 2.11. The number of ether oxygens (including phenoxy) is 1. The number of hydrogen-bond acceptors (Lipinski definition) is 2. The van der Waals surface area contributed by atoms with Crippen LogP contribution >= 0.6 is 0 Å². The summed E-state index contributed by atoms with van der Waals surface area (Å²) in [5.74, 6) is 0.532. The molecule has 1 amide bonds. The number of aryl methyl sites for hydroxylation is 1. The molecule has 1 N–H and O–H groups in total. The van der Waals surface area contributed by atoms with E-state index in [-0.39, 0.29) is 0 Å². The van der Waals surface area contributed by atoms with Crippen LogP contribution in [0.15, 0.2) is 78.9 Å². The molecule has 3 heteroatoms. The Morgan fingerprint density at radius 2 is 1.48 bits per heavy atom. The number of rotatable bonds is 3. The van der Waals surface area contributed by atoms with Crippen LogP contribution < -0.4 is 10.1 Å². The van der Waals surface area contributed by atoms with Crippen LogP contribution in [0.1, 0.15) is 5.56 Å². The van der Waals surface area contributed by atoms with Gasteiger partial charge in [0.2, 0.25) is 0 Å². The summed E-state index contributed by atoms with van der Waals surface area (Å²) < 4.78 is 5.51. The minimum Gasteiger partial charge on any atom is -0.409 e. The van der Waals surface area contributed by atoms with Crippen LogP contribution in [0.4, 0.5) is 10.5 Å². The van der Waals surface area contributed by atoms with Crippen LogP contribution in [-0.4, -0.2) is 6.09 Å². The predicted molar refractivity (Wildman–Crippen MR) is 92.7 cm³/mol. The number of carbonyl (C=O) groups excluding carboxylic acids is 1. The molecule has 114 valence electrons.